The predicted octanol–water partition coefficient (Wildman–Crippen LogP) is 1.76. The Morgan fingerprint density at radius 1 is 1.00 bits per heavy atom. The smallest absolute Gasteiger partial charge is 0.162 e. The van der Waals surface area contributed by atoms with Gasteiger partial charge in [-0.1, -0.05) is 0 Å². The van der Waals surface area contributed by atoms with Gasteiger partial charge in [-0.25, -0.2) is 0 Å². The minimum absolute atomic E-state index is 0. The number of hydrogen-bond donors (Lipinski definition) is 0. The van der Waals surface area contributed by atoms with E-state index in [1.165, 1.54) is 0 Å². The highest BCUT2D eigenvalue weighted by Crippen LogP contribution is 1.99. The Labute approximate surface area is 33.4 Å². The molecule has 0 fully saturated rings. The monoisotopic (exact) mass is 105 g/mol. The molecule has 0 aromatic heterocycles. The standard InChI is InChI=1S/CF3.ClH/c2-1(3)4;/h;1H. The molecule has 0 bridgehead atoms. The molecule has 0 aliphatic carbocycles. The SMILES string of the molecule is Cl.F[C](F)F. The average Bonchev–Trinajstić information content (AvgIpc) is 0.811. The van der Waals surface area contributed by atoms with E-state index in [1.54, 1.807) is 0 Å². The molecule has 0 amide bonds. The maximum atomic E-state index is 9.58. The van der Waals surface area contributed by atoms with Gasteiger partial charge in [-0.2, -0.15) is 13.2 Å². The first-order valence-corrected chi connectivity index (χ1v) is 0.567. The molecule has 0 unspecified atom stereocenters. The van der Waals surface area contributed by atoms with Gasteiger partial charge in [-0.05, 0) is 0 Å². The molecule has 0 nitrogen and oxygen atoms in total. The summed E-state index contributed by atoms with van der Waals surface area (Å²) in [4.78, 5) is 0. The molecule has 0 atom stereocenters. The molecule has 33 valence electrons. The molecule has 4 heteroatoms. The molecule has 0 aromatic carbocycles. The van der Waals surface area contributed by atoms with E-state index in [9.17, 15) is 13.2 Å². The van der Waals surface area contributed by atoms with Gasteiger partial charge in [0.15, 0.2) is 0 Å². The van der Waals surface area contributed by atoms with Gasteiger partial charge in [0, 0.05) is 0 Å². The maximum absolute atomic E-state index is 9.58. The van der Waals surface area contributed by atoms with Crippen molar-refractivity contribution in [1.29, 1.82) is 0 Å². The van der Waals surface area contributed by atoms with Gasteiger partial charge in [0.05, 0.1) is 0 Å². The summed E-state index contributed by atoms with van der Waals surface area (Å²) in [5.74, 6) is 0. The Morgan fingerprint density at radius 3 is 1.00 bits per heavy atom. The third-order valence-electron chi connectivity index (χ3n) is 0. The Kier molecular flexibility index (Phi) is 7.27. The van der Waals surface area contributed by atoms with Crippen LogP contribution in [-0.2, 0) is 0 Å². The van der Waals surface area contributed by atoms with Crippen molar-refractivity contribution in [2.75, 3.05) is 0 Å². The van der Waals surface area contributed by atoms with Crippen LogP contribution in [0.5, 0.6) is 0 Å². The first-order valence-electron chi connectivity index (χ1n) is 0.567. The second-order valence-corrected chi connectivity index (χ2v) is 0.214. The zero-order valence-electron chi connectivity index (χ0n) is 2.04. The highest BCUT2D eigenvalue weighted by molar-refractivity contribution is 5.85. The maximum Gasteiger partial charge on any atom is 0.487 e. The Balaban J connectivity index is 0. The van der Waals surface area contributed by atoms with Crippen LogP contribution in [0.25, 0.3) is 0 Å². The van der Waals surface area contributed by atoms with Crippen LogP contribution >= 0.6 is 12.4 Å². The van der Waals surface area contributed by atoms with Gasteiger partial charge < -0.3 is 0 Å². The third kappa shape index (κ3) is 2760. The van der Waals surface area contributed by atoms with Crippen LogP contribution in [-0.4, -0.2) is 0 Å². The molecule has 0 spiro atoms. The van der Waals surface area contributed by atoms with E-state index in [0.29, 0.717) is 0 Å². The van der Waals surface area contributed by atoms with E-state index >= 15 is 0 Å². The van der Waals surface area contributed by atoms with Crippen LogP contribution in [0.15, 0.2) is 0 Å². The summed E-state index contributed by atoms with van der Waals surface area (Å²) in [6.07, 6.45) is 0. The largest absolute Gasteiger partial charge is 0.487 e. The molecule has 0 N–H and O–H groups in total. The minimum atomic E-state index is -3.08. The van der Waals surface area contributed by atoms with Crippen LogP contribution in [0.2, 0.25) is 0 Å². The first-order chi connectivity index (χ1) is 1.73. The molecule has 0 heterocycles. The Hall–Kier alpha value is 0.0800. The summed E-state index contributed by atoms with van der Waals surface area (Å²) in [7, 11) is 0. The van der Waals surface area contributed by atoms with Gasteiger partial charge in [0.25, 0.3) is 0 Å². The van der Waals surface area contributed by atoms with Crippen LogP contribution in [0.4, 0.5) is 13.2 Å². The van der Waals surface area contributed by atoms with Crippen LogP contribution in [0.3, 0.4) is 0 Å². The van der Waals surface area contributed by atoms with Crippen molar-refractivity contribution in [3.8, 4) is 0 Å². The summed E-state index contributed by atoms with van der Waals surface area (Å²) in [5.41, 5.74) is 0. The molecule has 0 saturated heterocycles. The number of hydrogen-bond acceptors (Lipinski definition) is 0. The normalized spacial score (nSPS) is 7.20. The lowest BCUT2D eigenvalue weighted by atomic mass is 11.6. The molecule has 0 aliphatic heterocycles. The molecule has 5 heavy (non-hydrogen) atoms. The van der Waals surface area contributed by atoms with Crippen molar-refractivity contribution in [2.24, 2.45) is 0 Å². The summed E-state index contributed by atoms with van der Waals surface area (Å²) in [5, 5.41) is 0. The van der Waals surface area contributed by atoms with Crippen LogP contribution in [0, 0.1) is 6.68 Å². The summed E-state index contributed by atoms with van der Waals surface area (Å²) >= 11 is 0. The van der Waals surface area contributed by atoms with E-state index in [1.807, 2.05) is 0 Å². The lowest BCUT2D eigenvalue weighted by molar-refractivity contribution is 0.142. The third-order valence-corrected chi connectivity index (χ3v) is 0. The minimum Gasteiger partial charge on any atom is -0.162 e. The van der Waals surface area contributed by atoms with Crippen LogP contribution in [0.1, 0.15) is 0 Å². The van der Waals surface area contributed by atoms with Crippen molar-refractivity contribution < 1.29 is 13.2 Å². The van der Waals surface area contributed by atoms with Gasteiger partial charge >= 0.3 is 6.68 Å². The summed E-state index contributed by atoms with van der Waals surface area (Å²) in [6.45, 7) is -3.08. The second kappa shape index (κ2) is 4.08. The first kappa shape index (κ1) is 8.91. The molecular weight excluding hydrogens is 104 g/mol. The number of halogens is 4. The lowest BCUT2D eigenvalue weighted by Crippen LogP contribution is -1.49. The van der Waals surface area contributed by atoms with E-state index in [-0.39, 0.29) is 12.4 Å². The molecule has 0 aromatic rings. The van der Waals surface area contributed by atoms with Crippen molar-refractivity contribution >= 4 is 12.4 Å². The molecule has 0 saturated carbocycles. The predicted molar refractivity (Wildman–Crippen MR) is 13.8 cm³/mol. The molecule has 0 aliphatic rings. The van der Waals surface area contributed by atoms with E-state index < -0.39 is 6.68 Å². The van der Waals surface area contributed by atoms with Gasteiger partial charge in [0.2, 0.25) is 0 Å². The topological polar surface area (TPSA) is 0 Å². The fraction of sp³-hybridized carbons (Fsp3) is 0. The van der Waals surface area contributed by atoms with E-state index in [0.717, 1.165) is 0 Å². The van der Waals surface area contributed by atoms with Crippen molar-refractivity contribution in [1.82, 2.24) is 0 Å². The summed E-state index contributed by atoms with van der Waals surface area (Å²) < 4.78 is 28.8. The zero-order chi connectivity index (χ0) is 3.58. The van der Waals surface area contributed by atoms with Crippen molar-refractivity contribution in [2.45, 2.75) is 0 Å². The van der Waals surface area contributed by atoms with E-state index in [4.69, 9.17) is 0 Å². The zero-order valence-corrected chi connectivity index (χ0v) is 2.86. The van der Waals surface area contributed by atoms with Gasteiger partial charge in [0.1, 0.15) is 0 Å². The average molecular weight is 105 g/mol. The number of rotatable bonds is 0. The fourth-order valence-electron chi connectivity index (χ4n) is 0. The second-order valence-electron chi connectivity index (χ2n) is 0.214. The highest BCUT2D eigenvalue weighted by atomic mass is 35.5. The highest BCUT2D eigenvalue weighted by Gasteiger charge is 1.93. The van der Waals surface area contributed by atoms with Gasteiger partial charge in [-0.3, -0.25) is 0 Å². The fourth-order valence-corrected chi connectivity index (χ4v) is 0. The van der Waals surface area contributed by atoms with Crippen molar-refractivity contribution in [3.63, 3.8) is 0 Å². The molecule has 1 radical (unpaired) electrons. The van der Waals surface area contributed by atoms with Crippen LogP contribution < -0.4 is 0 Å². The Morgan fingerprint density at radius 2 is 1.00 bits per heavy atom. The van der Waals surface area contributed by atoms with Crippen molar-refractivity contribution in [3.05, 3.63) is 6.68 Å². The van der Waals surface area contributed by atoms with E-state index in [2.05, 4.69) is 0 Å². The molecular formula is CHClF3. The lowest BCUT2D eigenvalue weighted by Gasteiger charge is -1.60. The quantitative estimate of drug-likeness (QED) is 0.440. The molecule has 0 rings (SSSR count). The Bertz CT molecular complexity index is 11.6. The van der Waals surface area contributed by atoms with Gasteiger partial charge in [-0.15, -0.1) is 12.4 Å². The summed E-state index contributed by atoms with van der Waals surface area (Å²) in [6, 6.07) is 0.